The SMILES string of the molecule is C1=CCCCCC/C=C\CC/C=C\1. The summed E-state index contributed by atoms with van der Waals surface area (Å²) in [6, 6.07) is 0. The first-order chi connectivity index (χ1) is 6.50. The van der Waals surface area contributed by atoms with Gasteiger partial charge in [-0.05, 0) is 38.5 Å². The van der Waals surface area contributed by atoms with Gasteiger partial charge in [-0.3, -0.25) is 0 Å². The van der Waals surface area contributed by atoms with E-state index in [0.717, 1.165) is 0 Å². The van der Waals surface area contributed by atoms with Gasteiger partial charge in [-0.1, -0.05) is 42.9 Å². The van der Waals surface area contributed by atoms with Crippen LogP contribution in [0.15, 0.2) is 36.5 Å². The highest BCUT2D eigenvalue weighted by atomic mass is 13.9. The third-order valence-corrected chi connectivity index (χ3v) is 2.29. The minimum atomic E-state index is 1.18. The van der Waals surface area contributed by atoms with Crippen LogP contribution >= 0.6 is 0 Å². The average molecular weight is 176 g/mol. The molecule has 0 aromatic carbocycles. The van der Waals surface area contributed by atoms with Crippen molar-refractivity contribution in [2.75, 3.05) is 0 Å². The molecule has 0 heteroatoms. The van der Waals surface area contributed by atoms with Crippen LogP contribution in [0.4, 0.5) is 0 Å². The lowest BCUT2D eigenvalue weighted by Gasteiger charge is -1.94. The van der Waals surface area contributed by atoms with Crippen LogP contribution in [-0.4, -0.2) is 0 Å². The van der Waals surface area contributed by atoms with E-state index >= 15 is 0 Å². The van der Waals surface area contributed by atoms with Gasteiger partial charge in [0, 0.05) is 0 Å². The van der Waals surface area contributed by atoms with Crippen LogP contribution in [0.2, 0.25) is 0 Å². The van der Waals surface area contributed by atoms with Crippen molar-refractivity contribution in [1.82, 2.24) is 0 Å². The van der Waals surface area contributed by atoms with Gasteiger partial charge in [-0.15, -0.1) is 0 Å². The minimum Gasteiger partial charge on any atom is -0.0885 e. The van der Waals surface area contributed by atoms with Gasteiger partial charge in [0.15, 0.2) is 0 Å². The van der Waals surface area contributed by atoms with Crippen molar-refractivity contribution >= 4 is 0 Å². The van der Waals surface area contributed by atoms with Gasteiger partial charge in [0.25, 0.3) is 0 Å². The number of hydrogen-bond donors (Lipinski definition) is 0. The van der Waals surface area contributed by atoms with E-state index in [9.17, 15) is 0 Å². The molecule has 0 radical (unpaired) electrons. The monoisotopic (exact) mass is 176 g/mol. The number of allylic oxidation sites excluding steroid dienone is 6. The average Bonchev–Trinajstić information content (AvgIpc) is 2.18. The Kier molecular flexibility index (Phi) is 6.22. The number of hydrogen-bond acceptors (Lipinski definition) is 0. The van der Waals surface area contributed by atoms with E-state index < -0.39 is 0 Å². The molecule has 0 nitrogen and oxygen atoms in total. The second kappa shape index (κ2) is 7.85. The first kappa shape index (κ1) is 10.3. The molecule has 0 unspecified atom stereocenters. The molecule has 0 aromatic heterocycles. The topological polar surface area (TPSA) is 0 Å². The normalized spacial score (nSPS) is 25.2. The smallest absolute Gasteiger partial charge is 0.0313 e. The third-order valence-electron chi connectivity index (χ3n) is 2.29. The Hall–Kier alpha value is -0.780. The maximum atomic E-state index is 2.33. The molecule has 0 aliphatic heterocycles. The molecule has 0 saturated heterocycles. The van der Waals surface area contributed by atoms with Crippen molar-refractivity contribution in [3.8, 4) is 0 Å². The predicted molar refractivity (Wildman–Crippen MR) is 59.7 cm³/mol. The molecule has 0 spiro atoms. The first-order valence-corrected chi connectivity index (χ1v) is 5.47. The van der Waals surface area contributed by atoms with Gasteiger partial charge in [-0.2, -0.15) is 0 Å². The quantitative estimate of drug-likeness (QED) is 0.480. The van der Waals surface area contributed by atoms with Crippen LogP contribution in [0.3, 0.4) is 0 Å². The van der Waals surface area contributed by atoms with Crippen molar-refractivity contribution in [1.29, 1.82) is 0 Å². The van der Waals surface area contributed by atoms with E-state index in [2.05, 4.69) is 36.5 Å². The maximum Gasteiger partial charge on any atom is -0.0313 e. The fourth-order valence-electron chi connectivity index (χ4n) is 1.48. The van der Waals surface area contributed by atoms with Crippen LogP contribution in [-0.2, 0) is 0 Å². The molecule has 0 heterocycles. The van der Waals surface area contributed by atoms with Gasteiger partial charge in [0.2, 0.25) is 0 Å². The molecule has 1 aliphatic carbocycles. The lowest BCUT2D eigenvalue weighted by atomic mass is 10.1. The molecule has 0 aromatic rings. The summed E-state index contributed by atoms with van der Waals surface area (Å²) >= 11 is 0. The molecule has 0 amide bonds. The van der Waals surface area contributed by atoms with Gasteiger partial charge in [0.05, 0.1) is 0 Å². The van der Waals surface area contributed by atoms with Crippen LogP contribution < -0.4 is 0 Å². The van der Waals surface area contributed by atoms with E-state index in [-0.39, 0.29) is 0 Å². The zero-order chi connectivity index (χ0) is 9.19. The molecular formula is C13H20. The highest BCUT2D eigenvalue weighted by molar-refractivity contribution is 5.03. The van der Waals surface area contributed by atoms with Crippen LogP contribution in [0.1, 0.15) is 44.9 Å². The molecule has 72 valence electrons. The van der Waals surface area contributed by atoms with Crippen LogP contribution in [0, 0.1) is 0 Å². The van der Waals surface area contributed by atoms with Crippen molar-refractivity contribution in [2.45, 2.75) is 44.9 Å². The van der Waals surface area contributed by atoms with Crippen LogP contribution in [0.5, 0.6) is 0 Å². The largest absolute Gasteiger partial charge is 0.0885 e. The highest BCUT2D eigenvalue weighted by Crippen LogP contribution is 2.06. The third kappa shape index (κ3) is 6.39. The molecule has 0 fully saturated rings. The lowest BCUT2D eigenvalue weighted by molar-refractivity contribution is 0.695. The van der Waals surface area contributed by atoms with E-state index in [4.69, 9.17) is 0 Å². The van der Waals surface area contributed by atoms with E-state index in [1.807, 2.05) is 0 Å². The second-order valence-electron chi connectivity index (χ2n) is 3.54. The Morgan fingerprint density at radius 3 is 1.85 bits per heavy atom. The van der Waals surface area contributed by atoms with Crippen molar-refractivity contribution in [3.05, 3.63) is 36.5 Å². The fraction of sp³-hybridized carbons (Fsp3) is 0.538. The fourth-order valence-corrected chi connectivity index (χ4v) is 1.48. The molecule has 13 heavy (non-hydrogen) atoms. The zero-order valence-corrected chi connectivity index (χ0v) is 8.41. The molecule has 0 atom stereocenters. The molecule has 1 rings (SSSR count). The van der Waals surface area contributed by atoms with Crippen molar-refractivity contribution < 1.29 is 0 Å². The summed E-state index contributed by atoms with van der Waals surface area (Å²) in [5, 5.41) is 0. The summed E-state index contributed by atoms with van der Waals surface area (Å²) < 4.78 is 0. The summed E-state index contributed by atoms with van der Waals surface area (Å²) in [6.45, 7) is 0. The summed E-state index contributed by atoms with van der Waals surface area (Å²) in [7, 11) is 0. The van der Waals surface area contributed by atoms with Gasteiger partial charge < -0.3 is 0 Å². The number of rotatable bonds is 0. The Morgan fingerprint density at radius 1 is 0.462 bits per heavy atom. The summed E-state index contributed by atoms with van der Waals surface area (Å²) in [5.74, 6) is 0. The second-order valence-corrected chi connectivity index (χ2v) is 3.54. The van der Waals surface area contributed by atoms with Crippen LogP contribution in [0.25, 0.3) is 0 Å². The Bertz CT molecular complexity index is 184. The Morgan fingerprint density at radius 2 is 1.00 bits per heavy atom. The lowest BCUT2D eigenvalue weighted by Crippen LogP contribution is -1.74. The molecule has 0 N–H and O–H groups in total. The maximum absolute atomic E-state index is 2.33. The van der Waals surface area contributed by atoms with E-state index in [0.29, 0.717) is 0 Å². The summed E-state index contributed by atoms with van der Waals surface area (Å²) in [4.78, 5) is 0. The zero-order valence-electron chi connectivity index (χ0n) is 8.41. The predicted octanol–water partition coefficient (Wildman–Crippen LogP) is 4.40. The first-order valence-electron chi connectivity index (χ1n) is 5.47. The minimum absolute atomic E-state index is 1.18. The van der Waals surface area contributed by atoms with Gasteiger partial charge >= 0.3 is 0 Å². The Balaban J connectivity index is 2.28. The standard InChI is InChI=1S/C13H20/c1-2-4-6-8-10-12-13-11-9-7-5-3-1/h1-4,9,11H,5-8,10,12-13H2/b3-1-,4-2?,11-9-. The summed E-state index contributed by atoms with van der Waals surface area (Å²) in [6.07, 6.45) is 22.5. The van der Waals surface area contributed by atoms with Gasteiger partial charge in [-0.25, -0.2) is 0 Å². The highest BCUT2D eigenvalue weighted by Gasteiger charge is 1.86. The van der Waals surface area contributed by atoms with E-state index in [1.165, 1.54) is 44.9 Å². The van der Waals surface area contributed by atoms with Crippen molar-refractivity contribution in [3.63, 3.8) is 0 Å². The van der Waals surface area contributed by atoms with Crippen molar-refractivity contribution in [2.24, 2.45) is 0 Å². The van der Waals surface area contributed by atoms with Gasteiger partial charge in [0.1, 0.15) is 0 Å². The molecule has 0 bridgehead atoms. The molecule has 0 saturated carbocycles. The Labute approximate surface area is 82.0 Å². The van der Waals surface area contributed by atoms with E-state index in [1.54, 1.807) is 0 Å². The summed E-state index contributed by atoms with van der Waals surface area (Å²) in [5.41, 5.74) is 0. The molecular weight excluding hydrogens is 156 g/mol. The molecule has 1 aliphatic rings.